The third kappa shape index (κ3) is 4.79. The molecule has 6 nitrogen and oxygen atoms in total. The minimum Gasteiger partial charge on any atom is -0.462 e. The Morgan fingerprint density at radius 3 is 2.48 bits per heavy atom. The first kappa shape index (κ1) is 20.9. The fourth-order valence-corrected chi connectivity index (χ4v) is 3.59. The Hall–Kier alpha value is -2.80. The van der Waals surface area contributed by atoms with Gasteiger partial charge in [0.2, 0.25) is 0 Å². The third-order valence-corrected chi connectivity index (χ3v) is 5.31. The Balaban J connectivity index is 1.74. The van der Waals surface area contributed by atoms with Crippen LogP contribution in [0.2, 0.25) is 0 Å². The summed E-state index contributed by atoms with van der Waals surface area (Å²) >= 11 is 0. The predicted octanol–water partition coefficient (Wildman–Crippen LogP) is 3.18. The van der Waals surface area contributed by atoms with Crippen LogP contribution >= 0.6 is 0 Å². The number of esters is 1. The Kier molecular flexibility index (Phi) is 6.59. The SMILES string of the molecule is CCOC(=O)c1ccc(C(=O)NCC2(c3ccc(F)cc3)CCOCC2)nc1C. The van der Waals surface area contributed by atoms with E-state index in [2.05, 4.69) is 10.3 Å². The fraction of sp³-hybridized carbons (Fsp3) is 0.409. The molecule has 0 spiro atoms. The topological polar surface area (TPSA) is 77.5 Å². The van der Waals surface area contributed by atoms with Gasteiger partial charge in [0.15, 0.2) is 0 Å². The van der Waals surface area contributed by atoms with Crippen molar-refractivity contribution in [3.8, 4) is 0 Å². The lowest BCUT2D eigenvalue weighted by Crippen LogP contribution is -2.44. The number of amides is 1. The maximum atomic E-state index is 13.4. The quantitative estimate of drug-likeness (QED) is 0.754. The van der Waals surface area contributed by atoms with Crippen LogP contribution in [0.3, 0.4) is 0 Å². The van der Waals surface area contributed by atoms with Crippen LogP contribution in [-0.4, -0.2) is 43.2 Å². The third-order valence-electron chi connectivity index (χ3n) is 5.31. The second-order valence-corrected chi connectivity index (χ2v) is 7.13. The summed E-state index contributed by atoms with van der Waals surface area (Å²) in [5.41, 5.74) is 1.67. The summed E-state index contributed by atoms with van der Waals surface area (Å²) in [4.78, 5) is 28.9. The number of pyridine rings is 1. The van der Waals surface area contributed by atoms with Gasteiger partial charge in [0.25, 0.3) is 5.91 Å². The van der Waals surface area contributed by atoms with Gasteiger partial charge in [-0.2, -0.15) is 0 Å². The Morgan fingerprint density at radius 2 is 1.86 bits per heavy atom. The number of benzene rings is 1. The van der Waals surface area contributed by atoms with Crippen LogP contribution in [0.4, 0.5) is 4.39 Å². The van der Waals surface area contributed by atoms with E-state index in [1.54, 1.807) is 32.0 Å². The maximum Gasteiger partial charge on any atom is 0.339 e. The number of aromatic nitrogens is 1. The minimum atomic E-state index is -0.457. The molecule has 1 aromatic heterocycles. The lowest BCUT2D eigenvalue weighted by atomic mass is 9.74. The number of nitrogens with one attached hydrogen (secondary N) is 1. The predicted molar refractivity (Wildman–Crippen MR) is 105 cm³/mol. The van der Waals surface area contributed by atoms with Crippen LogP contribution in [0.1, 0.15) is 51.9 Å². The fourth-order valence-electron chi connectivity index (χ4n) is 3.59. The lowest BCUT2D eigenvalue weighted by molar-refractivity contribution is 0.0486. The summed E-state index contributed by atoms with van der Waals surface area (Å²) in [5, 5.41) is 2.96. The first-order valence-corrected chi connectivity index (χ1v) is 9.72. The van der Waals surface area contributed by atoms with Crippen LogP contribution in [0.15, 0.2) is 36.4 Å². The van der Waals surface area contributed by atoms with Crippen molar-refractivity contribution < 1.29 is 23.5 Å². The molecule has 1 aliphatic heterocycles. The molecule has 1 N–H and O–H groups in total. The number of hydrogen-bond donors (Lipinski definition) is 1. The average molecular weight is 400 g/mol. The molecule has 0 bridgehead atoms. The zero-order chi connectivity index (χ0) is 20.9. The number of aryl methyl sites for hydroxylation is 1. The molecule has 0 radical (unpaired) electrons. The summed E-state index contributed by atoms with van der Waals surface area (Å²) in [6, 6.07) is 9.48. The van der Waals surface area contributed by atoms with E-state index in [4.69, 9.17) is 9.47 Å². The molecule has 2 aromatic rings. The highest BCUT2D eigenvalue weighted by Gasteiger charge is 2.35. The molecule has 7 heteroatoms. The number of nitrogens with zero attached hydrogens (tertiary/aromatic N) is 1. The molecule has 29 heavy (non-hydrogen) atoms. The summed E-state index contributed by atoms with van der Waals surface area (Å²) in [7, 11) is 0. The standard InChI is InChI=1S/C22H25FN2O4/c1-3-29-21(27)18-8-9-19(25-15(18)2)20(26)24-14-22(10-12-28-13-11-22)16-4-6-17(23)7-5-16/h4-9H,3,10-14H2,1-2H3,(H,24,26). The smallest absolute Gasteiger partial charge is 0.339 e. The molecule has 1 amide bonds. The van der Waals surface area contributed by atoms with Gasteiger partial charge in [-0.1, -0.05) is 12.1 Å². The van der Waals surface area contributed by atoms with E-state index < -0.39 is 5.97 Å². The van der Waals surface area contributed by atoms with Gasteiger partial charge in [0.1, 0.15) is 11.5 Å². The van der Waals surface area contributed by atoms with Gasteiger partial charge < -0.3 is 14.8 Å². The van der Waals surface area contributed by atoms with Crippen molar-refractivity contribution in [3.63, 3.8) is 0 Å². The number of halogens is 1. The molecule has 3 rings (SSSR count). The molecule has 0 aliphatic carbocycles. The van der Waals surface area contributed by atoms with Gasteiger partial charge in [-0.3, -0.25) is 4.79 Å². The highest BCUT2D eigenvalue weighted by Crippen LogP contribution is 2.34. The number of hydrogen-bond acceptors (Lipinski definition) is 5. The van der Waals surface area contributed by atoms with Crippen LogP contribution in [0, 0.1) is 12.7 Å². The molecule has 1 saturated heterocycles. The Bertz CT molecular complexity index is 877. The van der Waals surface area contributed by atoms with Crippen molar-refractivity contribution in [3.05, 3.63) is 64.7 Å². The van der Waals surface area contributed by atoms with E-state index in [1.165, 1.54) is 18.2 Å². The normalized spacial score (nSPS) is 15.6. The molecule has 2 heterocycles. The lowest BCUT2D eigenvalue weighted by Gasteiger charge is -2.38. The van der Waals surface area contributed by atoms with Gasteiger partial charge in [-0.25, -0.2) is 14.2 Å². The monoisotopic (exact) mass is 400 g/mol. The van der Waals surface area contributed by atoms with Crippen molar-refractivity contribution in [2.45, 2.75) is 32.1 Å². The highest BCUT2D eigenvalue weighted by atomic mass is 19.1. The van der Waals surface area contributed by atoms with Gasteiger partial charge in [-0.15, -0.1) is 0 Å². The molecular formula is C22H25FN2O4. The zero-order valence-electron chi connectivity index (χ0n) is 16.7. The van der Waals surface area contributed by atoms with E-state index in [1.807, 2.05) is 0 Å². The van der Waals surface area contributed by atoms with Crippen LogP contribution < -0.4 is 5.32 Å². The highest BCUT2D eigenvalue weighted by molar-refractivity contribution is 5.95. The molecule has 154 valence electrons. The first-order valence-electron chi connectivity index (χ1n) is 9.72. The Labute approximate surface area is 169 Å². The zero-order valence-corrected chi connectivity index (χ0v) is 16.7. The van der Waals surface area contributed by atoms with E-state index >= 15 is 0 Å². The first-order chi connectivity index (χ1) is 13.9. The van der Waals surface area contributed by atoms with Gasteiger partial charge in [0.05, 0.1) is 17.9 Å². The summed E-state index contributed by atoms with van der Waals surface area (Å²) < 4.78 is 23.8. The molecule has 0 unspecified atom stereocenters. The molecule has 1 aromatic carbocycles. The Morgan fingerprint density at radius 1 is 1.17 bits per heavy atom. The number of rotatable bonds is 6. The van der Waals surface area contributed by atoms with Crippen molar-refractivity contribution in [2.75, 3.05) is 26.4 Å². The van der Waals surface area contributed by atoms with Crippen molar-refractivity contribution in [1.82, 2.24) is 10.3 Å². The van der Waals surface area contributed by atoms with Crippen LogP contribution in [-0.2, 0) is 14.9 Å². The molecule has 0 saturated carbocycles. The van der Waals surface area contributed by atoms with E-state index in [-0.39, 0.29) is 29.4 Å². The minimum absolute atomic E-state index is 0.233. The van der Waals surface area contributed by atoms with Crippen LogP contribution in [0.5, 0.6) is 0 Å². The average Bonchev–Trinajstić information content (AvgIpc) is 2.73. The number of carbonyl (C=O) groups is 2. The molecular weight excluding hydrogens is 375 g/mol. The summed E-state index contributed by atoms with van der Waals surface area (Å²) in [6.45, 7) is 5.23. The van der Waals surface area contributed by atoms with Crippen molar-refractivity contribution >= 4 is 11.9 Å². The largest absolute Gasteiger partial charge is 0.462 e. The van der Waals surface area contributed by atoms with Crippen molar-refractivity contribution in [2.24, 2.45) is 0 Å². The van der Waals surface area contributed by atoms with E-state index in [9.17, 15) is 14.0 Å². The molecule has 0 atom stereocenters. The molecule has 1 fully saturated rings. The van der Waals surface area contributed by atoms with Gasteiger partial charge >= 0.3 is 5.97 Å². The maximum absolute atomic E-state index is 13.4. The molecule has 1 aliphatic rings. The number of carbonyl (C=O) groups excluding carboxylic acids is 2. The second kappa shape index (κ2) is 9.13. The second-order valence-electron chi connectivity index (χ2n) is 7.13. The number of ether oxygens (including phenoxy) is 2. The van der Waals surface area contributed by atoms with E-state index in [0.717, 1.165) is 18.4 Å². The summed E-state index contributed by atoms with van der Waals surface area (Å²) in [5.74, 6) is -1.07. The van der Waals surface area contributed by atoms with E-state index in [0.29, 0.717) is 31.0 Å². The van der Waals surface area contributed by atoms with Crippen molar-refractivity contribution in [1.29, 1.82) is 0 Å². The summed E-state index contributed by atoms with van der Waals surface area (Å²) in [6.07, 6.45) is 1.46. The van der Waals surface area contributed by atoms with Gasteiger partial charge in [-0.05, 0) is 56.5 Å². The van der Waals surface area contributed by atoms with Crippen LogP contribution in [0.25, 0.3) is 0 Å². The van der Waals surface area contributed by atoms with Gasteiger partial charge in [0, 0.05) is 25.2 Å².